The van der Waals surface area contributed by atoms with Crippen LogP contribution in [0.25, 0.3) is 0 Å². The SMILES string of the molecule is COc1c(O)cc(C(C)(C)C)cc1C(N)CCC(=O)O. The maximum absolute atomic E-state index is 10.6. The van der Waals surface area contributed by atoms with Crippen LogP contribution in [0.15, 0.2) is 12.1 Å². The van der Waals surface area contributed by atoms with Crippen molar-refractivity contribution in [3.05, 3.63) is 23.3 Å². The summed E-state index contributed by atoms with van der Waals surface area (Å²) in [5, 5.41) is 18.8. The second kappa shape index (κ2) is 6.13. The number of nitrogens with two attached hydrogens (primary N) is 1. The fourth-order valence-electron chi connectivity index (χ4n) is 2.00. The number of aliphatic carboxylic acids is 1. The lowest BCUT2D eigenvalue weighted by Crippen LogP contribution is -2.17. The molecule has 112 valence electrons. The molecule has 5 heteroatoms. The molecular formula is C15H23NO4. The molecule has 5 nitrogen and oxygen atoms in total. The zero-order valence-electron chi connectivity index (χ0n) is 12.4. The van der Waals surface area contributed by atoms with Crippen molar-refractivity contribution in [2.75, 3.05) is 7.11 Å². The smallest absolute Gasteiger partial charge is 0.303 e. The van der Waals surface area contributed by atoms with Gasteiger partial charge in [0.1, 0.15) is 0 Å². The number of carbonyl (C=O) groups is 1. The second-order valence-electron chi connectivity index (χ2n) is 5.91. The normalized spacial score (nSPS) is 13.1. The Bertz CT molecular complexity index is 491. The molecule has 0 fully saturated rings. The maximum Gasteiger partial charge on any atom is 0.303 e. The van der Waals surface area contributed by atoms with Crippen LogP contribution in [0.4, 0.5) is 0 Å². The van der Waals surface area contributed by atoms with Crippen LogP contribution in [0.3, 0.4) is 0 Å². The van der Waals surface area contributed by atoms with Gasteiger partial charge in [-0.05, 0) is 29.5 Å². The molecule has 1 aromatic carbocycles. The number of benzene rings is 1. The largest absolute Gasteiger partial charge is 0.504 e. The van der Waals surface area contributed by atoms with Gasteiger partial charge in [0.05, 0.1) is 7.11 Å². The molecule has 0 aliphatic rings. The van der Waals surface area contributed by atoms with Gasteiger partial charge in [-0.1, -0.05) is 20.8 Å². The standard InChI is InChI=1S/C15H23NO4/c1-15(2,3)9-7-10(11(16)5-6-13(18)19)14(20-4)12(17)8-9/h7-8,11,17H,5-6,16H2,1-4H3,(H,18,19). The van der Waals surface area contributed by atoms with Crippen molar-refractivity contribution in [2.24, 2.45) is 5.73 Å². The number of phenolic OH excluding ortho intramolecular Hbond substituents is 1. The highest BCUT2D eigenvalue weighted by atomic mass is 16.5. The van der Waals surface area contributed by atoms with Gasteiger partial charge < -0.3 is 20.7 Å². The molecule has 0 saturated carbocycles. The number of ether oxygens (including phenoxy) is 1. The van der Waals surface area contributed by atoms with Crippen LogP contribution in [0, 0.1) is 0 Å². The van der Waals surface area contributed by atoms with E-state index in [0.717, 1.165) is 5.56 Å². The summed E-state index contributed by atoms with van der Waals surface area (Å²) in [5.74, 6) is -0.549. The van der Waals surface area contributed by atoms with Crippen LogP contribution >= 0.6 is 0 Å². The Hall–Kier alpha value is -1.75. The van der Waals surface area contributed by atoms with E-state index in [2.05, 4.69) is 0 Å². The highest BCUT2D eigenvalue weighted by Crippen LogP contribution is 2.39. The highest BCUT2D eigenvalue weighted by Gasteiger charge is 2.22. The quantitative estimate of drug-likeness (QED) is 0.771. The Balaban J connectivity index is 3.21. The highest BCUT2D eigenvalue weighted by molar-refractivity contribution is 5.66. The summed E-state index contributed by atoms with van der Waals surface area (Å²) < 4.78 is 5.19. The van der Waals surface area contributed by atoms with E-state index in [1.807, 2.05) is 26.8 Å². The molecule has 1 atom stereocenters. The minimum atomic E-state index is -0.893. The van der Waals surface area contributed by atoms with Crippen LogP contribution in [0.5, 0.6) is 11.5 Å². The zero-order valence-corrected chi connectivity index (χ0v) is 12.4. The summed E-state index contributed by atoms with van der Waals surface area (Å²) in [6.45, 7) is 6.09. The first kappa shape index (κ1) is 16.3. The van der Waals surface area contributed by atoms with Crippen LogP contribution in [-0.2, 0) is 10.2 Å². The average Bonchev–Trinajstić information content (AvgIpc) is 2.33. The first-order chi connectivity index (χ1) is 9.16. The number of hydrogen-bond acceptors (Lipinski definition) is 4. The summed E-state index contributed by atoms with van der Waals surface area (Å²) in [6, 6.07) is 3.05. The molecule has 0 aromatic heterocycles. The fourth-order valence-corrected chi connectivity index (χ4v) is 2.00. The van der Waals surface area contributed by atoms with Gasteiger partial charge in [-0.25, -0.2) is 0 Å². The number of carboxylic acids is 1. The summed E-state index contributed by atoms with van der Waals surface area (Å²) in [6.07, 6.45) is 0.267. The predicted molar refractivity (Wildman–Crippen MR) is 77.2 cm³/mol. The maximum atomic E-state index is 10.6. The van der Waals surface area contributed by atoms with E-state index in [1.165, 1.54) is 7.11 Å². The number of phenols is 1. The Morgan fingerprint density at radius 3 is 2.45 bits per heavy atom. The van der Waals surface area contributed by atoms with Gasteiger partial charge in [0.25, 0.3) is 0 Å². The van der Waals surface area contributed by atoms with Crippen molar-refractivity contribution < 1.29 is 19.7 Å². The van der Waals surface area contributed by atoms with Gasteiger partial charge >= 0.3 is 5.97 Å². The zero-order chi connectivity index (χ0) is 15.5. The molecule has 0 radical (unpaired) electrons. The Morgan fingerprint density at radius 1 is 1.40 bits per heavy atom. The fraction of sp³-hybridized carbons (Fsp3) is 0.533. The minimum absolute atomic E-state index is 0.0230. The summed E-state index contributed by atoms with van der Waals surface area (Å²) in [5.41, 5.74) is 7.46. The number of methoxy groups -OCH3 is 1. The monoisotopic (exact) mass is 281 g/mol. The first-order valence-electron chi connectivity index (χ1n) is 6.55. The van der Waals surface area contributed by atoms with Crippen LogP contribution in [0.2, 0.25) is 0 Å². The van der Waals surface area contributed by atoms with Gasteiger partial charge in [0.15, 0.2) is 11.5 Å². The van der Waals surface area contributed by atoms with Gasteiger partial charge in [-0.15, -0.1) is 0 Å². The molecule has 20 heavy (non-hydrogen) atoms. The molecule has 1 unspecified atom stereocenters. The third-order valence-electron chi connectivity index (χ3n) is 3.24. The molecule has 0 amide bonds. The van der Waals surface area contributed by atoms with Gasteiger partial charge in [0.2, 0.25) is 0 Å². The average molecular weight is 281 g/mol. The van der Waals surface area contributed by atoms with Crippen LogP contribution in [-0.4, -0.2) is 23.3 Å². The molecule has 0 spiro atoms. The topological polar surface area (TPSA) is 92.8 Å². The Labute approximate surface area is 119 Å². The second-order valence-corrected chi connectivity index (χ2v) is 5.91. The van der Waals surface area contributed by atoms with Gasteiger partial charge in [-0.2, -0.15) is 0 Å². The van der Waals surface area contributed by atoms with E-state index in [9.17, 15) is 9.90 Å². The lowest BCUT2D eigenvalue weighted by Gasteiger charge is -2.24. The molecule has 0 aliphatic heterocycles. The predicted octanol–water partition coefficient (Wildman–Crippen LogP) is 2.56. The summed E-state index contributed by atoms with van der Waals surface area (Å²) in [4.78, 5) is 10.6. The third kappa shape index (κ3) is 3.87. The van der Waals surface area contributed by atoms with Crippen LogP contribution in [0.1, 0.15) is 50.8 Å². The molecule has 0 heterocycles. The van der Waals surface area contributed by atoms with E-state index in [4.69, 9.17) is 15.6 Å². The summed E-state index contributed by atoms with van der Waals surface area (Å²) in [7, 11) is 1.46. The van der Waals surface area contributed by atoms with Crippen molar-refractivity contribution >= 4 is 5.97 Å². The molecule has 0 aliphatic carbocycles. The van der Waals surface area contributed by atoms with E-state index in [-0.39, 0.29) is 17.6 Å². The van der Waals surface area contributed by atoms with E-state index >= 15 is 0 Å². The van der Waals surface area contributed by atoms with Crippen molar-refractivity contribution in [3.63, 3.8) is 0 Å². The minimum Gasteiger partial charge on any atom is -0.504 e. The van der Waals surface area contributed by atoms with Crippen molar-refractivity contribution in [3.8, 4) is 11.5 Å². The molecular weight excluding hydrogens is 258 g/mol. The number of aromatic hydroxyl groups is 1. The number of carboxylic acid groups (broad SMARTS) is 1. The lowest BCUT2D eigenvalue weighted by molar-refractivity contribution is -0.137. The van der Waals surface area contributed by atoms with Crippen molar-refractivity contribution in [1.29, 1.82) is 0 Å². The Morgan fingerprint density at radius 2 is 2.00 bits per heavy atom. The Kier molecular flexibility index (Phi) is 5.00. The third-order valence-corrected chi connectivity index (χ3v) is 3.24. The molecule has 4 N–H and O–H groups in total. The van der Waals surface area contributed by atoms with E-state index in [1.54, 1.807) is 6.07 Å². The van der Waals surface area contributed by atoms with Gasteiger partial charge in [0, 0.05) is 18.0 Å². The molecule has 0 bridgehead atoms. The number of hydrogen-bond donors (Lipinski definition) is 3. The van der Waals surface area contributed by atoms with Gasteiger partial charge in [-0.3, -0.25) is 4.79 Å². The summed E-state index contributed by atoms with van der Waals surface area (Å²) >= 11 is 0. The molecule has 0 saturated heterocycles. The van der Waals surface area contributed by atoms with E-state index in [0.29, 0.717) is 17.7 Å². The molecule has 1 aromatic rings. The van der Waals surface area contributed by atoms with Crippen molar-refractivity contribution in [1.82, 2.24) is 0 Å². The van der Waals surface area contributed by atoms with E-state index < -0.39 is 12.0 Å². The number of rotatable bonds is 5. The lowest BCUT2D eigenvalue weighted by atomic mass is 9.84. The molecule has 1 rings (SSSR count). The first-order valence-corrected chi connectivity index (χ1v) is 6.55. The van der Waals surface area contributed by atoms with Crippen LogP contribution < -0.4 is 10.5 Å². The van der Waals surface area contributed by atoms with Crippen molar-refractivity contribution in [2.45, 2.75) is 45.1 Å².